The normalized spacial score (nSPS) is 12.3. The first-order chi connectivity index (χ1) is 26.0. The van der Waals surface area contributed by atoms with Gasteiger partial charge < -0.3 is 5.73 Å². The molecule has 8 aromatic rings. The lowest BCUT2D eigenvalue weighted by atomic mass is 9.86. The molecule has 1 aliphatic carbocycles. The van der Waals surface area contributed by atoms with Crippen LogP contribution in [0.1, 0.15) is 5.56 Å². The standard InChI is InChI=1S/C25H18N2.C24H18N2/c26-19-13-11-17(12-14-19)24-20-7-1-3-9-22(20)25(18-6-5-15-27-16-18)23-10-4-2-8-21(23)24;25-23-12-11-19(16-24(23)26)22-14-20(17-7-3-1-4-8-17)13-21(15-22)18-9-5-2-6-10-18/h1-16H,26H2;1-16,25-26H. The molecule has 0 aliphatic heterocycles. The van der Waals surface area contributed by atoms with E-state index in [2.05, 4.69) is 114 Å². The van der Waals surface area contributed by atoms with Crippen LogP contribution in [0.25, 0.3) is 71.6 Å². The molecule has 0 saturated carbocycles. The van der Waals surface area contributed by atoms with Gasteiger partial charge in [-0.1, -0.05) is 133 Å². The Labute approximate surface area is 309 Å². The van der Waals surface area contributed by atoms with E-state index in [-0.39, 0.29) is 11.4 Å². The highest BCUT2D eigenvalue weighted by molar-refractivity contribution is 6.50. The fourth-order valence-corrected chi connectivity index (χ4v) is 7.02. The molecule has 4 nitrogen and oxygen atoms in total. The number of nitrogen functional groups attached to an aromatic ring is 1. The molecule has 4 heteroatoms. The molecule has 9 rings (SSSR count). The van der Waals surface area contributed by atoms with Gasteiger partial charge in [-0.05, 0) is 120 Å². The van der Waals surface area contributed by atoms with Crippen molar-refractivity contribution in [1.82, 2.24) is 4.98 Å². The molecule has 0 atom stereocenters. The highest BCUT2D eigenvalue weighted by Crippen LogP contribution is 2.43. The molecule has 252 valence electrons. The number of nitrogens with two attached hydrogens (primary N) is 1. The Hall–Kier alpha value is -7.17. The van der Waals surface area contributed by atoms with Crippen LogP contribution in [0, 0.1) is 10.8 Å². The van der Waals surface area contributed by atoms with Gasteiger partial charge in [0.2, 0.25) is 0 Å². The van der Waals surface area contributed by atoms with Gasteiger partial charge in [0.1, 0.15) is 0 Å². The van der Waals surface area contributed by atoms with Gasteiger partial charge in [-0.3, -0.25) is 15.8 Å². The molecule has 1 aliphatic rings. The van der Waals surface area contributed by atoms with Gasteiger partial charge in [-0.25, -0.2) is 0 Å². The average Bonchev–Trinajstić information content (AvgIpc) is 3.22. The molecule has 0 unspecified atom stereocenters. The Balaban J connectivity index is 0.000000151. The molecule has 1 heterocycles. The quantitative estimate of drug-likeness (QED) is 0.0960. The van der Waals surface area contributed by atoms with Gasteiger partial charge in [0.15, 0.2) is 0 Å². The molecule has 0 fully saturated rings. The topological polar surface area (TPSA) is 86.6 Å². The molecule has 4 N–H and O–H groups in total. The Morgan fingerprint density at radius 3 is 1.36 bits per heavy atom. The van der Waals surface area contributed by atoms with Crippen LogP contribution in [0.5, 0.6) is 0 Å². The SMILES string of the molecule is N=C1C=CC(c2cc(-c3ccccc3)cc(-c3ccccc3)c2)=CC1=N.Nc1ccc(-c2c3ccccc3c(-c3cccnc3)c3ccccc23)cc1. The highest BCUT2D eigenvalue weighted by atomic mass is 14.6. The van der Waals surface area contributed by atoms with Crippen molar-refractivity contribution in [1.29, 1.82) is 10.8 Å². The summed E-state index contributed by atoms with van der Waals surface area (Å²) in [7, 11) is 0. The maximum absolute atomic E-state index is 7.96. The minimum absolute atomic E-state index is 0.244. The third kappa shape index (κ3) is 6.82. The fraction of sp³-hybridized carbons (Fsp3) is 0. The number of allylic oxidation sites excluding steroid dienone is 4. The molecule has 0 saturated heterocycles. The number of anilines is 1. The summed E-state index contributed by atoms with van der Waals surface area (Å²) >= 11 is 0. The predicted molar refractivity (Wildman–Crippen MR) is 224 cm³/mol. The predicted octanol–water partition coefficient (Wildman–Crippen LogP) is 12.3. The summed E-state index contributed by atoms with van der Waals surface area (Å²) in [6, 6.07) is 56.6. The molecule has 0 bridgehead atoms. The van der Waals surface area contributed by atoms with Crippen LogP contribution in [0.4, 0.5) is 5.69 Å². The van der Waals surface area contributed by atoms with Crippen molar-refractivity contribution < 1.29 is 0 Å². The van der Waals surface area contributed by atoms with Crippen LogP contribution in [0.2, 0.25) is 0 Å². The summed E-state index contributed by atoms with van der Waals surface area (Å²) in [6.07, 6.45) is 9.13. The monoisotopic (exact) mass is 680 g/mol. The summed E-state index contributed by atoms with van der Waals surface area (Å²) < 4.78 is 0. The number of nitrogens with zero attached hydrogens (tertiary/aromatic N) is 1. The van der Waals surface area contributed by atoms with Crippen LogP contribution < -0.4 is 5.73 Å². The van der Waals surface area contributed by atoms with Gasteiger partial charge in [0.25, 0.3) is 0 Å². The fourth-order valence-electron chi connectivity index (χ4n) is 7.02. The number of rotatable bonds is 5. The second-order valence-corrected chi connectivity index (χ2v) is 13.0. The molecule has 0 radical (unpaired) electrons. The van der Waals surface area contributed by atoms with E-state index in [0.29, 0.717) is 0 Å². The van der Waals surface area contributed by atoms with E-state index in [1.807, 2.05) is 73.1 Å². The number of nitrogens with one attached hydrogen (secondary N) is 2. The second-order valence-electron chi connectivity index (χ2n) is 13.0. The van der Waals surface area contributed by atoms with E-state index in [9.17, 15) is 0 Å². The number of pyridine rings is 1. The van der Waals surface area contributed by atoms with Crippen molar-refractivity contribution >= 4 is 44.2 Å². The van der Waals surface area contributed by atoms with Crippen molar-refractivity contribution in [2.45, 2.75) is 0 Å². The zero-order chi connectivity index (χ0) is 36.1. The number of aromatic nitrogens is 1. The molecular weight excluding hydrogens is 645 g/mol. The van der Waals surface area contributed by atoms with Crippen LogP contribution in [-0.2, 0) is 0 Å². The van der Waals surface area contributed by atoms with Crippen molar-refractivity contribution in [2.24, 2.45) is 0 Å². The number of hydrogen-bond acceptors (Lipinski definition) is 4. The molecule has 53 heavy (non-hydrogen) atoms. The molecule has 0 spiro atoms. The van der Waals surface area contributed by atoms with Crippen molar-refractivity contribution in [3.63, 3.8) is 0 Å². The van der Waals surface area contributed by atoms with Crippen LogP contribution >= 0.6 is 0 Å². The Morgan fingerprint density at radius 1 is 0.396 bits per heavy atom. The lowest BCUT2D eigenvalue weighted by molar-refractivity contribution is 1.33. The maximum atomic E-state index is 7.96. The lowest BCUT2D eigenvalue weighted by Crippen LogP contribution is -2.09. The summed E-state index contributed by atoms with van der Waals surface area (Å²) in [5, 5.41) is 20.6. The third-order valence-electron chi connectivity index (χ3n) is 9.58. The second kappa shape index (κ2) is 14.6. The van der Waals surface area contributed by atoms with E-state index in [0.717, 1.165) is 44.6 Å². The number of hydrogen-bond donors (Lipinski definition) is 3. The van der Waals surface area contributed by atoms with Crippen molar-refractivity contribution in [2.75, 3.05) is 5.73 Å². The molecule has 1 aromatic heterocycles. The van der Waals surface area contributed by atoms with Crippen LogP contribution in [0.15, 0.2) is 194 Å². The van der Waals surface area contributed by atoms with Gasteiger partial charge in [-0.15, -0.1) is 0 Å². The number of fused-ring (bicyclic) bond motifs is 2. The Morgan fingerprint density at radius 2 is 0.868 bits per heavy atom. The largest absolute Gasteiger partial charge is 0.399 e. The van der Waals surface area contributed by atoms with Gasteiger partial charge >= 0.3 is 0 Å². The minimum atomic E-state index is 0.244. The highest BCUT2D eigenvalue weighted by Gasteiger charge is 2.16. The summed E-state index contributed by atoms with van der Waals surface area (Å²) in [4.78, 5) is 4.35. The molecule has 0 amide bonds. The summed E-state index contributed by atoms with van der Waals surface area (Å²) in [5.74, 6) is 0. The first-order valence-electron chi connectivity index (χ1n) is 17.6. The smallest absolute Gasteiger partial charge is 0.0795 e. The zero-order valence-corrected chi connectivity index (χ0v) is 29.0. The third-order valence-corrected chi connectivity index (χ3v) is 9.58. The first kappa shape index (κ1) is 33.0. The van der Waals surface area contributed by atoms with Crippen LogP contribution in [0.3, 0.4) is 0 Å². The lowest BCUT2D eigenvalue weighted by Gasteiger charge is -2.17. The zero-order valence-electron chi connectivity index (χ0n) is 29.0. The summed E-state index contributed by atoms with van der Waals surface area (Å²) in [6.45, 7) is 0. The van der Waals surface area contributed by atoms with Gasteiger partial charge in [0, 0.05) is 23.6 Å². The van der Waals surface area contributed by atoms with E-state index in [4.69, 9.17) is 16.6 Å². The number of benzene rings is 7. The molecule has 7 aromatic carbocycles. The van der Waals surface area contributed by atoms with Crippen molar-refractivity contribution in [3.05, 3.63) is 200 Å². The molecular formula is C49H36N4. The first-order valence-corrected chi connectivity index (χ1v) is 17.6. The van der Waals surface area contributed by atoms with E-state index >= 15 is 0 Å². The minimum Gasteiger partial charge on any atom is -0.399 e. The van der Waals surface area contributed by atoms with Gasteiger partial charge in [-0.2, -0.15) is 0 Å². The Bertz CT molecular complexity index is 2560. The summed E-state index contributed by atoms with van der Waals surface area (Å²) in [5.41, 5.74) is 18.6. The maximum Gasteiger partial charge on any atom is 0.0795 e. The van der Waals surface area contributed by atoms with E-state index in [1.54, 1.807) is 12.2 Å². The van der Waals surface area contributed by atoms with E-state index in [1.165, 1.54) is 38.2 Å². The average molecular weight is 681 g/mol. The van der Waals surface area contributed by atoms with Gasteiger partial charge in [0.05, 0.1) is 11.4 Å². The van der Waals surface area contributed by atoms with Crippen molar-refractivity contribution in [3.8, 4) is 44.5 Å². The van der Waals surface area contributed by atoms with Crippen LogP contribution in [-0.4, -0.2) is 16.4 Å². The van der Waals surface area contributed by atoms with E-state index < -0.39 is 0 Å². The Kier molecular flexibility index (Phi) is 9.08.